The summed E-state index contributed by atoms with van der Waals surface area (Å²) in [6, 6.07) is -1.76. The first-order valence-electron chi connectivity index (χ1n) is 5.82. The highest BCUT2D eigenvalue weighted by Crippen LogP contribution is 2.00. The minimum atomic E-state index is -1.18. The van der Waals surface area contributed by atoms with Crippen LogP contribution in [0.1, 0.15) is 33.6 Å². The molecule has 0 saturated carbocycles. The lowest BCUT2D eigenvalue weighted by Gasteiger charge is -2.16. The van der Waals surface area contributed by atoms with Crippen molar-refractivity contribution in [3.63, 3.8) is 0 Å². The van der Waals surface area contributed by atoms with Crippen LogP contribution in [0.15, 0.2) is 0 Å². The lowest BCUT2D eigenvalue weighted by molar-refractivity contribution is -0.144. The van der Waals surface area contributed by atoms with E-state index in [2.05, 4.69) is 15.4 Å². The number of nitrogens with one attached hydrogen (secondary N) is 2. The van der Waals surface area contributed by atoms with E-state index in [1.807, 2.05) is 0 Å². The Bertz CT molecular complexity index is 304. The fourth-order valence-corrected chi connectivity index (χ4v) is 1.21. The Morgan fingerprint density at radius 3 is 2.28 bits per heavy atom. The van der Waals surface area contributed by atoms with Crippen molar-refractivity contribution < 1.29 is 24.2 Å². The first-order chi connectivity index (χ1) is 8.36. The monoisotopic (exact) mass is 260 g/mol. The molecule has 0 aromatic rings. The maximum absolute atomic E-state index is 11.3. The molecule has 0 rings (SSSR count). The number of carbonyl (C=O) groups excluding carboxylic acids is 2. The van der Waals surface area contributed by atoms with Gasteiger partial charge >= 0.3 is 18.0 Å². The summed E-state index contributed by atoms with van der Waals surface area (Å²) < 4.78 is 4.68. The van der Waals surface area contributed by atoms with Gasteiger partial charge in [0, 0.05) is 12.5 Å². The molecule has 104 valence electrons. The van der Waals surface area contributed by atoms with Crippen LogP contribution >= 0.6 is 0 Å². The maximum Gasteiger partial charge on any atom is 0.326 e. The molecule has 18 heavy (non-hydrogen) atoms. The molecule has 0 unspecified atom stereocenters. The SMILES string of the molecule is CCOC(=O)CC[C@H](NC(=O)NC(C)C)C(=O)O. The Kier molecular flexibility index (Phi) is 7.50. The minimum absolute atomic E-state index is 0.000316. The Labute approximate surface area is 106 Å². The summed E-state index contributed by atoms with van der Waals surface area (Å²) in [5.74, 6) is -1.66. The van der Waals surface area contributed by atoms with E-state index >= 15 is 0 Å². The summed E-state index contributed by atoms with van der Waals surface area (Å²) in [5.41, 5.74) is 0. The molecule has 0 heterocycles. The second-order valence-electron chi connectivity index (χ2n) is 4.01. The van der Waals surface area contributed by atoms with Crippen LogP contribution in [0.5, 0.6) is 0 Å². The van der Waals surface area contributed by atoms with Crippen molar-refractivity contribution in [1.29, 1.82) is 0 Å². The molecule has 0 radical (unpaired) electrons. The van der Waals surface area contributed by atoms with Gasteiger partial charge in [0.2, 0.25) is 0 Å². The van der Waals surface area contributed by atoms with Crippen LogP contribution in [0.3, 0.4) is 0 Å². The van der Waals surface area contributed by atoms with E-state index in [0.29, 0.717) is 0 Å². The van der Waals surface area contributed by atoms with Crippen LogP contribution in [0, 0.1) is 0 Å². The van der Waals surface area contributed by atoms with Gasteiger partial charge in [-0.15, -0.1) is 0 Å². The fraction of sp³-hybridized carbons (Fsp3) is 0.727. The molecule has 1 atom stereocenters. The van der Waals surface area contributed by atoms with E-state index in [1.54, 1.807) is 20.8 Å². The number of aliphatic carboxylic acids is 1. The number of esters is 1. The lowest BCUT2D eigenvalue weighted by atomic mass is 10.1. The minimum Gasteiger partial charge on any atom is -0.480 e. The molecule has 0 aliphatic carbocycles. The zero-order chi connectivity index (χ0) is 14.1. The summed E-state index contributed by atoms with van der Waals surface area (Å²) in [7, 11) is 0. The van der Waals surface area contributed by atoms with Crippen LogP contribution in [-0.2, 0) is 14.3 Å². The molecule has 7 nitrogen and oxygen atoms in total. The van der Waals surface area contributed by atoms with Crippen LogP contribution in [0.2, 0.25) is 0 Å². The quantitative estimate of drug-likeness (QED) is 0.578. The van der Waals surface area contributed by atoms with Crippen molar-refractivity contribution in [2.24, 2.45) is 0 Å². The van der Waals surface area contributed by atoms with Gasteiger partial charge in [-0.3, -0.25) is 4.79 Å². The third-order valence-electron chi connectivity index (χ3n) is 1.97. The van der Waals surface area contributed by atoms with Gasteiger partial charge in [-0.2, -0.15) is 0 Å². The summed E-state index contributed by atoms with van der Waals surface area (Å²) >= 11 is 0. The largest absolute Gasteiger partial charge is 0.480 e. The number of amides is 2. The summed E-state index contributed by atoms with van der Waals surface area (Å²) in [4.78, 5) is 33.3. The van der Waals surface area contributed by atoms with E-state index < -0.39 is 24.0 Å². The van der Waals surface area contributed by atoms with Crippen molar-refractivity contribution in [3.8, 4) is 0 Å². The van der Waals surface area contributed by atoms with Crippen LogP contribution in [0.4, 0.5) is 4.79 Å². The number of hydrogen-bond acceptors (Lipinski definition) is 4. The topological polar surface area (TPSA) is 105 Å². The number of carboxylic acid groups (broad SMARTS) is 1. The molecule has 0 fully saturated rings. The second-order valence-corrected chi connectivity index (χ2v) is 4.01. The molecule has 3 N–H and O–H groups in total. The van der Waals surface area contributed by atoms with E-state index in [0.717, 1.165) is 0 Å². The van der Waals surface area contributed by atoms with E-state index in [1.165, 1.54) is 0 Å². The van der Waals surface area contributed by atoms with Gasteiger partial charge < -0.3 is 20.5 Å². The van der Waals surface area contributed by atoms with E-state index in [9.17, 15) is 14.4 Å². The maximum atomic E-state index is 11.3. The number of rotatable bonds is 7. The molecule has 0 spiro atoms. The molecule has 7 heteroatoms. The van der Waals surface area contributed by atoms with Crippen molar-refractivity contribution >= 4 is 18.0 Å². The third-order valence-corrected chi connectivity index (χ3v) is 1.97. The van der Waals surface area contributed by atoms with E-state index in [-0.39, 0.29) is 25.5 Å². The summed E-state index contributed by atoms with van der Waals surface area (Å²) in [6.07, 6.45) is -0.0492. The van der Waals surface area contributed by atoms with Gasteiger partial charge in [0.05, 0.1) is 6.61 Å². The number of carbonyl (C=O) groups is 3. The Morgan fingerprint density at radius 1 is 1.22 bits per heavy atom. The molecule has 0 bridgehead atoms. The molecular weight excluding hydrogens is 240 g/mol. The summed E-state index contributed by atoms with van der Waals surface area (Å²) in [6.45, 7) is 5.43. The summed E-state index contributed by atoms with van der Waals surface area (Å²) in [5, 5.41) is 13.7. The third kappa shape index (κ3) is 7.48. The molecule has 0 saturated heterocycles. The number of hydrogen-bond donors (Lipinski definition) is 3. The average Bonchev–Trinajstić information content (AvgIpc) is 2.23. The van der Waals surface area contributed by atoms with Crippen LogP contribution in [0.25, 0.3) is 0 Å². The van der Waals surface area contributed by atoms with Gasteiger partial charge in [-0.05, 0) is 27.2 Å². The van der Waals surface area contributed by atoms with Gasteiger partial charge in [-0.1, -0.05) is 0 Å². The zero-order valence-electron chi connectivity index (χ0n) is 10.9. The van der Waals surface area contributed by atoms with Crippen LogP contribution < -0.4 is 10.6 Å². The van der Waals surface area contributed by atoms with Crippen molar-refractivity contribution in [1.82, 2.24) is 10.6 Å². The first-order valence-corrected chi connectivity index (χ1v) is 5.82. The second kappa shape index (κ2) is 8.32. The Hall–Kier alpha value is -1.79. The fourth-order valence-electron chi connectivity index (χ4n) is 1.21. The predicted octanol–water partition coefficient (Wildman–Crippen LogP) is 0.491. The van der Waals surface area contributed by atoms with Gasteiger partial charge in [0.15, 0.2) is 0 Å². The van der Waals surface area contributed by atoms with Gasteiger partial charge in [0.25, 0.3) is 0 Å². The molecular formula is C11H20N2O5. The highest BCUT2D eigenvalue weighted by atomic mass is 16.5. The van der Waals surface area contributed by atoms with Crippen molar-refractivity contribution in [2.45, 2.75) is 45.7 Å². The Balaban J connectivity index is 4.19. The van der Waals surface area contributed by atoms with Crippen molar-refractivity contribution in [2.75, 3.05) is 6.61 Å². The highest BCUT2D eigenvalue weighted by Gasteiger charge is 2.21. The normalized spacial score (nSPS) is 11.8. The first kappa shape index (κ1) is 16.2. The number of urea groups is 1. The van der Waals surface area contributed by atoms with Crippen molar-refractivity contribution in [3.05, 3.63) is 0 Å². The smallest absolute Gasteiger partial charge is 0.326 e. The number of carboxylic acids is 1. The highest BCUT2D eigenvalue weighted by molar-refractivity contribution is 5.83. The van der Waals surface area contributed by atoms with E-state index in [4.69, 9.17) is 5.11 Å². The zero-order valence-corrected chi connectivity index (χ0v) is 10.9. The molecule has 0 aliphatic heterocycles. The average molecular weight is 260 g/mol. The lowest BCUT2D eigenvalue weighted by Crippen LogP contribution is -2.48. The van der Waals surface area contributed by atoms with Gasteiger partial charge in [-0.25, -0.2) is 9.59 Å². The molecule has 0 aliphatic rings. The molecule has 0 aromatic carbocycles. The van der Waals surface area contributed by atoms with Crippen LogP contribution in [-0.4, -0.2) is 41.8 Å². The molecule has 2 amide bonds. The predicted molar refractivity (Wildman–Crippen MR) is 64.1 cm³/mol. The number of ether oxygens (including phenoxy) is 1. The molecule has 0 aromatic heterocycles. The van der Waals surface area contributed by atoms with Gasteiger partial charge in [0.1, 0.15) is 6.04 Å². The standard InChI is InChI=1S/C11H20N2O5/c1-4-18-9(14)6-5-8(10(15)16)13-11(17)12-7(2)3/h7-8H,4-6H2,1-3H3,(H,15,16)(H2,12,13,17)/t8-/m0/s1. The Morgan fingerprint density at radius 2 is 1.83 bits per heavy atom.